The average molecular weight is 462 g/mol. The molecule has 0 fully saturated rings. The Kier molecular flexibility index (Phi) is 11.7. The Balaban J connectivity index is 0.000000769. The second kappa shape index (κ2) is 13.6. The zero-order valence-electron chi connectivity index (χ0n) is 20.0. The molecule has 176 valence electrons. The normalized spacial score (nSPS) is 17.0. The maximum Gasteiger partial charge on any atom is 0.415 e. The molecule has 2 aromatic rings. The van der Waals surface area contributed by atoms with E-state index in [9.17, 15) is 9.59 Å². The van der Waals surface area contributed by atoms with Gasteiger partial charge in [0.15, 0.2) is 0 Å². The number of nitrogens with two attached hydrogens (primary N) is 1. The van der Waals surface area contributed by atoms with Crippen molar-refractivity contribution in [1.29, 1.82) is 0 Å². The summed E-state index contributed by atoms with van der Waals surface area (Å²) in [5.74, 6) is 0.749. The number of nitrogen functional groups attached to an aromatic ring is 1. The van der Waals surface area contributed by atoms with E-state index < -0.39 is 6.09 Å². The van der Waals surface area contributed by atoms with Gasteiger partial charge in [-0.25, -0.2) is 4.79 Å². The van der Waals surface area contributed by atoms with Crippen LogP contribution >= 0.6 is 11.8 Å². The second-order valence-electron chi connectivity index (χ2n) is 7.39. The molecule has 1 aliphatic rings. The second-order valence-corrected chi connectivity index (χ2v) is 8.37. The summed E-state index contributed by atoms with van der Waals surface area (Å²) in [6, 6.07) is 12.5. The minimum absolute atomic E-state index is 0.0165. The van der Waals surface area contributed by atoms with Gasteiger partial charge in [-0.3, -0.25) is 9.69 Å². The van der Waals surface area contributed by atoms with Crippen LogP contribution in [-0.2, 0) is 11.3 Å². The molecule has 1 heterocycles. The molecular formula is C24H35N3O4S. The molecular weight excluding hydrogens is 426 g/mol. The van der Waals surface area contributed by atoms with Crippen LogP contribution in [0.2, 0.25) is 0 Å². The smallest absolute Gasteiger partial charge is 0.415 e. The Hall–Kier alpha value is -2.71. The first-order valence-electron chi connectivity index (χ1n) is 10.5. The molecule has 0 saturated heterocycles. The summed E-state index contributed by atoms with van der Waals surface area (Å²) in [6.45, 7) is 6.74. The van der Waals surface area contributed by atoms with Crippen LogP contribution in [0.1, 0.15) is 37.1 Å². The van der Waals surface area contributed by atoms with Gasteiger partial charge in [0, 0.05) is 29.9 Å². The van der Waals surface area contributed by atoms with Crippen molar-refractivity contribution >= 4 is 30.0 Å². The summed E-state index contributed by atoms with van der Waals surface area (Å²) in [4.78, 5) is 27.0. The summed E-state index contributed by atoms with van der Waals surface area (Å²) >= 11 is 1.64. The third-order valence-electron chi connectivity index (χ3n) is 4.40. The molecule has 0 spiro atoms. The fraction of sp³-hybridized carbons (Fsp3) is 0.417. The fourth-order valence-electron chi connectivity index (χ4n) is 3.13. The summed E-state index contributed by atoms with van der Waals surface area (Å²) < 4.78 is 10.5. The molecule has 2 atom stereocenters. The van der Waals surface area contributed by atoms with Crippen molar-refractivity contribution < 1.29 is 19.1 Å². The number of rotatable bonds is 5. The summed E-state index contributed by atoms with van der Waals surface area (Å²) in [6.07, 6.45) is 1.55. The predicted molar refractivity (Wildman–Crippen MR) is 132 cm³/mol. The van der Waals surface area contributed by atoms with Gasteiger partial charge in [0.2, 0.25) is 0 Å². The topological polar surface area (TPSA) is 85.1 Å². The highest BCUT2D eigenvalue weighted by Gasteiger charge is 2.35. The van der Waals surface area contributed by atoms with Crippen LogP contribution in [0.15, 0.2) is 42.5 Å². The summed E-state index contributed by atoms with van der Waals surface area (Å²) in [5, 5.41) is 0.0165. The van der Waals surface area contributed by atoms with Crippen molar-refractivity contribution in [3.8, 4) is 11.5 Å². The first-order chi connectivity index (χ1) is 15.3. The highest BCUT2D eigenvalue weighted by molar-refractivity contribution is 7.98. The maximum absolute atomic E-state index is 12.8. The number of hydrogen-bond donors (Lipinski definition) is 1. The van der Waals surface area contributed by atoms with E-state index in [-0.39, 0.29) is 11.3 Å². The van der Waals surface area contributed by atoms with Crippen molar-refractivity contribution in [1.82, 2.24) is 9.80 Å². The quantitative estimate of drug-likeness (QED) is 0.505. The summed E-state index contributed by atoms with van der Waals surface area (Å²) in [7, 11) is 6.00. The van der Waals surface area contributed by atoms with Gasteiger partial charge in [-0.1, -0.05) is 32.0 Å². The van der Waals surface area contributed by atoms with Crippen LogP contribution in [0.25, 0.3) is 0 Å². The van der Waals surface area contributed by atoms with Gasteiger partial charge in [0.25, 0.3) is 6.47 Å². The predicted octanol–water partition coefficient (Wildman–Crippen LogP) is 4.82. The number of benzene rings is 2. The van der Waals surface area contributed by atoms with Crippen LogP contribution < -0.4 is 15.2 Å². The van der Waals surface area contributed by atoms with Crippen molar-refractivity contribution in [2.75, 3.05) is 33.1 Å². The minimum Gasteiger partial charge on any atom is -0.429 e. The highest BCUT2D eigenvalue weighted by Crippen LogP contribution is 2.42. The zero-order chi connectivity index (χ0) is 24.3. The Labute approximate surface area is 195 Å². The van der Waals surface area contributed by atoms with E-state index in [1.807, 2.05) is 83.4 Å². The molecule has 1 aliphatic heterocycles. The van der Waals surface area contributed by atoms with E-state index in [0.29, 0.717) is 30.2 Å². The van der Waals surface area contributed by atoms with E-state index in [4.69, 9.17) is 15.2 Å². The van der Waals surface area contributed by atoms with Gasteiger partial charge < -0.3 is 20.1 Å². The van der Waals surface area contributed by atoms with Gasteiger partial charge in [-0.15, -0.1) is 0 Å². The lowest BCUT2D eigenvalue weighted by Gasteiger charge is -2.30. The molecule has 0 radical (unpaired) electrons. The van der Waals surface area contributed by atoms with Crippen LogP contribution in [0.5, 0.6) is 11.5 Å². The van der Waals surface area contributed by atoms with Gasteiger partial charge in [-0.2, -0.15) is 11.8 Å². The number of anilines is 1. The Morgan fingerprint density at radius 1 is 1.19 bits per heavy atom. The molecule has 8 heteroatoms. The number of carbonyl (C=O) groups excluding carboxylic acids is 2. The van der Waals surface area contributed by atoms with E-state index in [1.165, 1.54) is 0 Å². The molecule has 7 nitrogen and oxygen atoms in total. The monoisotopic (exact) mass is 461 g/mol. The van der Waals surface area contributed by atoms with E-state index >= 15 is 0 Å². The molecule has 2 N–H and O–H groups in total. The van der Waals surface area contributed by atoms with Crippen LogP contribution in [0.3, 0.4) is 0 Å². The molecule has 3 rings (SSSR count). The molecule has 0 aliphatic carbocycles. The molecule has 2 unspecified atom stereocenters. The lowest BCUT2D eigenvalue weighted by atomic mass is 10.0. The van der Waals surface area contributed by atoms with Crippen molar-refractivity contribution in [3.05, 3.63) is 53.6 Å². The first kappa shape index (κ1) is 27.3. The molecule has 0 aromatic heterocycles. The van der Waals surface area contributed by atoms with Crippen LogP contribution in [-0.4, -0.2) is 55.8 Å². The lowest BCUT2D eigenvalue weighted by molar-refractivity contribution is -0.120. The molecule has 0 bridgehead atoms. The molecule has 0 saturated carbocycles. The zero-order valence-corrected chi connectivity index (χ0v) is 20.8. The number of amides is 1. The van der Waals surface area contributed by atoms with E-state index in [1.54, 1.807) is 28.8 Å². The first-order valence-corrected chi connectivity index (χ1v) is 11.8. The van der Waals surface area contributed by atoms with Crippen molar-refractivity contribution in [3.63, 3.8) is 0 Å². The highest BCUT2D eigenvalue weighted by atomic mass is 32.2. The number of nitrogens with zero attached hydrogens (tertiary/aromatic N) is 2. The maximum atomic E-state index is 12.8. The number of ether oxygens (including phenoxy) is 2. The van der Waals surface area contributed by atoms with Gasteiger partial charge in [0.05, 0.1) is 5.25 Å². The lowest BCUT2D eigenvalue weighted by Crippen LogP contribution is -2.40. The number of fused-ring (bicyclic) bond motifs is 1. The minimum atomic E-state index is -0.444. The Morgan fingerprint density at radius 2 is 1.84 bits per heavy atom. The van der Waals surface area contributed by atoms with Crippen LogP contribution in [0.4, 0.5) is 10.5 Å². The average Bonchev–Trinajstić information content (AvgIpc) is 2.84. The van der Waals surface area contributed by atoms with Gasteiger partial charge in [0.1, 0.15) is 11.5 Å². The van der Waals surface area contributed by atoms with E-state index in [0.717, 1.165) is 11.1 Å². The molecule has 1 amide bonds. The molecule has 32 heavy (non-hydrogen) atoms. The number of thioether (sulfide) groups is 1. The SMILES string of the molecule is CC.CN(C)C.CSC1c2ccc(OC=O)cc2OC(=O)N(Cc2cccc(N)c2)C1C. The largest absolute Gasteiger partial charge is 0.429 e. The Morgan fingerprint density at radius 3 is 2.41 bits per heavy atom. The third-order valence-corrected chi connectivity index (χ3v) is 5.55. The van der Waals surface area contributed by atoms with Crippen LogP contribution in [0, 0.1) is 0 Å². The van der Waals surface area contributed by atoms with Crippen molar-refractivity contribution in [2.24, 2.45) is 0 Å². The fourth-order valence-corrected chi connectivity index (χ4v) is 4.12. The van der Waals surface area contributed by atoms with Gasteiger partial charge in [-0.05, 0) is 58.1 Å². The van der Waals surface area contributed by atoms with Gasteiger partial charge >= 0.3 is 6.09 Å². The number of hydrogen-bond acceptors (Lipinski definition) is 7. The van der Waals surface area contributed by atoms with Crippen molar-refractivity contribution in [2.45, 2.75) is 38.6 Å². The Bertz CT molecular complexity index is 873. The number of carbonyl (C=O) groups is 2. The standard InChI is InChI=1S/C19H20N2O4S.C3H9N.C2H6/c1-12-18(26-2)16-7-6-15(24-11-22)9-17(16)25-19(23)21(12)10-13-4-3-5-14(20)8-13;1-4(2)3;1-2/h3-9,11-12,18H,10,20H2,1-2H3;1-3H3;1-2H3. The third kappa shape index (κ3) is 7.76. The summed E-state index contributed by atoms with van der Waals surface area (Å²) in [5.41, 5.74) is 8.33. The molecule has 2 aromatic carbocycles. The van der Waals surface area contributed by atoms with E-state index in [2.05, 4.69) is 0 Å².